The van der Waals surface area contributed by atoms with Crippen molar-refractivity contribution in [1.82, 2.24) is 9.29 Å². The minimum absolute atomic E-state index is 0.0147. The van der Waals surface area contributed by atoms with Crippen LogP contribution in [0.3, 0.4) is 0 Å². The second-order valence-electron chi connectivity index (χ2n) is 8.40. The van der Waals surface area contributed by atoms with Crippen LogP contribution in [0.1, 0.15) is 26.3 Å². The first-order valence-corrected chi connectivity index (χ1v) is 12.3. The molecular formula is C22H23FN2O4S2. The first kappa shape index (κ1) is 21.9. The van der Waals surface area contributed by atoms with Crippen molar-refractivity contribution < 1.29 is 22.3 Å². The summed E-state index contributed by atoms with van der Waals surface area (Å²) in [5.74, 6) is -0.0428. The molecule has 2 heterocycles. The molecule has 0 spiro atoms. The van der Waals surface area contributed by atoms with Crippen molar-refractivity contribution in [3.8, 4) is 0 Å². The van der Waals surface area contributed by atoms with Gasteiger partial charge in [-0.2, -0.15) is 0 Å². The van der Waals surface area contributed by atoms with E-state index in [1.165, 1.54) is 23.9 Å². The summed E-state index contributed by atoms with van der Waals surface area (Å²) >= 11 is 1.42. The van der Waals surface area contributed by atoms with Crippen molar-refractivity contribution in [2.45, 2.75) is 48.8 Å². The van der Waals surface area contributed by atoms with Gasteiger partial charge in [-0.15, -0.1) is 11.8 Å². The van der Waals surface area contributed by atoms with Gasteiger partial charge in [0.25, 0.3) is 0 Å². The Labute approximate surface area is 184 Å². The molecule has 31 heavy (non-hydrogen) atoms. The largest absolute Gasteiger partial charge is 0.443 e. The monoisotopic (exact) mass is 462 g/mol. The summed E-state index contributed by atoms with van der Waals surface area (Å²) in [5, 5.41) is 1.66. The van der Waals surface area contributed by atoms with Crippen LogP contribution >= 0.6 is 11.8 Å². The normalized spacial score (nSPS) is 16.8. The predicted octanol–water partition coefficient (Wildman–Crippen LogP) is 4.56. The molecule has 1 aromatic heterocycles. The van der Waals surface area contributed by atoms with Crippen LogP contribution in [-0.2, 0) is 21.2 Å². The van der Waals surface area contributed by atoms with Crippen LogP contribution in [0, 0.1) is 5.82 Å². The Morgan fingerprint density at radius 2 is 1.84 bits per heavy atom. The van der Waals surface area contributed by atoms with Gasteiger partial charge in [0, 0.05) is 17.2 Å². The lowest BCUT2D eigenvalue weighted by molar-refractivity contribution is 0.0531. The molecule has 3 aromatic rings. The third kappa shape index (κ3) is 4.49. The highest BCUT2D eigenvalue weighted by Gasteiger charge is 2.32. The standard InChI is InChI=1S/C22H23FN2O4S2/c1-22(2,3)29-21(26)25-19-7-5-4-6-17(19)18-12-15(13-30-20(18)25)24-31(27,28)16-10-8-14(23)9-11-16/h4-11,15,24H,12-13H2,1-3H3/t15-/m0/s1. The van der Waals surface area contributed by atoms with Gasteiger partial charge in [-0.25, -0.2) is 26.9 Å². The molecule has 0 aliphatic carbocycles. The molecule has 4 rings (SSSR count). The zero-order valence-electron chi connectivity index (χ0n) is 17.4. The number of rotatable bonds is 3. The third-order valence-corrected chi connectivity index (χ3v) is 7.63. The van der Waals surface area contributed by atoms with Crippen molar-refractivity contribution in [2.24, 2.45) is 0 Å². The SMILES string of the molecule is CC(C)(C)OC(=O)n1c2c(c3ccccc31)C[C@H](NS(=O)(=O)c1ccc(F)cc1)CS2. The number of hydrogen-bond donors (Lipinski definition) is 1. The molecule has 0 bridgehead atoms. The van der Waals surface area contributed by atoms with E-state index in [1.807, 2.05) is 45.0 Å². The lowest BCUT2D eigenvalue weighted by atomic mass is 10.1. The van der Waals surface area contributed by atoms with E-state index in [-0.39, 0.29) is 10.9 Å². The number of aromatic nitrogens is 1. The summed E-state index contributed by atoms with van der Waals surface area (Å²) in [6.45, 7) is 5.45. The van der Waals surface area contributed by atoms with E-state index < -0.39 is 27.5 Å². The van der Waals surface area contributed by atoms with Gasteiger partial charge in [0.05, 0.1) is 15.4 Å². The number of nitrogens with one attached hydrogen (secondary N) is 1. The molecule has 0 saturated heterocycles. The van der Waals surface area contributed by atoms with Crippen LogP contribution in [0.4, 0.5) is 9.18 Å². The van der Waals surface area contributed by atoms with E-state index in [0.29, 0.717) is 12.2 Å². The molecule has 2 aromatic carbocycles. The van der Waals surface area contributed by atoms with Crippen molar-refractivity contribution in [3.63, 3.8) is 0 Å². The Hall–Kier alpha value is -2.36. The minimum Gasteiger partial charge on any atom is -0.443 e. The Bertz CT molecular complexity index is 1240. The molecule has 1 N–H and O–H groups in total. The molecule has 1 atom stereocenters. The maximum absolute atomic E-state index is 13.2. The number of sulfonamides is 1. The van der Waals surface area contributed by atoms with Gasteiger partial charge >= 0.3 is 6.09 Å². The van der Waals surface area contributed by atoms with E-state index in [2.05, 4.69) is 4.72 Å². The third-order valence-electron chi connectivity index (χ3n) is 4.82. The fourth-order valence-corrected chi connectivity index (χ4v) is 6.15. The molecule has 164 valence electrons. The van der Waals surface area contributed by atoms with Gasteiger partial charge in [0.2, 0.25) is 10.0 Å². The van der Waals surface area contributed by atoms with Crippen LogP contribution in [0.25, 0.3) is 10.9 Å². The quantitative estimate of drug-likeness (QED) is 0.618. The summed E-state index contributed by atoms with van der Waals surface area (Å²) in [5.41, 5.74) is 1.00. The Morgan fingerprint density at radius 3 is 2.52 bits per heavy atom. The number of carbonyl (C=O) groups is 1. The van der Waals surface area contributed by atoms with Crippen LogP contribution in [0.2, 0.25) is 0 Å². The van der Waals surface area contributed by atoms with E-state index >= 15 is 0 Å². The second-order valence-corrected chi connectivity index (χ2v) is 11.1. The summed E-state index contributed by atoms with van der Waals surface area (Å²) in [4.78, 5) is 12.9. The van der Waals surface area contributed by atoms with Crippen LogP contribution in [0.5, 0.6) is 0 Å². The molecule has 9 heteroatoms. The highest BCUT2D eigenvalue weighted by atomic mass is 32.2. The summed E-state index contributed by atoms with van der Waals surface area (Å²) in [7, 11) is -3.79. The molecule has 0 radical (unpaired) electrons. The first-order chi connectivity index (χ1) is 14.5. The number of para-hydroxylation sites is 1. The topological polar surface area (TPSA) is 77.4 Å². The number of ether oxygens (including phenoxy) is 1. The minimum atomic E-state index is -3.79. The maximum atomic E-state index is 13.2. The van der Waals surface area contributed by atoms with E-state index in [9.17, 15) is 17.6 Å². The van der Waals surface area contributed by atoms with Gasteiger partial charge in [-0.05, 0) is 63.1 Å². The van der Waals surface area contributed by atoms with Crippen LogP contribution < -0.4 is 4.72 Å². The average Bonchev–Trinajstić information content (AvgIpc) is 3.01. The van der Waals surface area contributed by atoms with Crippen molar-refractivity contribution in [3.05, 3.63) is 59.9 Å². The van der Waals surface area contributed by atoms with E-state index in [1.54, 1.807) is 4.57 Å². The number of nitrogens with zero attached hydrogens (tertiary/aromatic N) is 1. The lowest BCUT2D eigenvalue weighted by Crippen LogP contribution is -2.40. The van der Waals surface area contributed by atoms with Crippen molar-refractivity contribution in [2.75, 3.05) is 5.75 Å². The molecule has 0 unspecified atom stereocenters. The summed E-state index contributed by atoms with van der Waals surface area (Å²) < 4.78 is 48.5. The first-order valence-electron chi connectivity index (χ1n) is 9.81. The molecule has 1 aliphatic rings. The Kier molecular flexibility index (Phi) is 5.61. The molecule has 6 nitrogen and oxygen atoms in total. The number of halogens is 1. The molecule has 0 saturated carbocycles. The Morgan fingerprint density at radius 1 is 1.16 bits per heavy atom. The van der Waals surface area contributed by atoms with Crippen LogP contribution in [-0.4, -0.2) is 36.5 Å². The average molecular weight is 463 g/mol. The molecule has 0 amide bonds. The highest BCUT2D eigenvalue weighted by molar-refractivity contribution is 7.99. The van der Waals surface area contributed by atoms with Crippen molar-refractivity contribution >= 4 is 38.8 Å². The number of hydrogen-bond acceptors (Lipinski definition) is 5. The number of fused-ring (bicyclic) bond motifs is 3. The molecule has 0 fully saturated rings. The van der Waals surface area contributed by atoms with Crippen LogP contribution in [0.15, 0.2) is 58.5 Å². The van der Waals surface area contributed by atoms with Gasteiger partial charge < -0.3 is 4.74 Å². The molecule has 1 aliphatic heterocycles. The summed E-state index contributed by atoms with van der Waals surface area (Å²) in [6.07, 6.45) is -0.0261. The zero-order chi connectivity index (χ0) is 22.4. The lowest BCUT2D eigenvalue weighted by Gasteiger charge is -2.25. The number of thioether (sulfide) groups is 1. The molecular weight excluding hydrogens is 439 g/mol. The number of benzene rings is 2. The van der Waals surface area contributed by atoms with Crippen molar-refractivity contribution in [1.29, 1.82) is 0 Å². The fourth-order valence-electron chi connectivity index (χ4n) is 3.58. The van der Waals surface area contributed by atoms with E-state index in [0.717, 1.165) is 33.6 Å². The summed E-state index contributed by atoms with van der Waals surface area (Å²) in [6, 6.07) is 11.9. The van der Waals surface area contributed by atoms with Gasteiger partial charge in [-0.3, -0.25) is 0 Å². The van der Waals surface area contributed by atoms with Gasteiger partial charge in [0.1, 0.15) is 11.4 Å². The second kappa shape index (κ2) is 7.96. The van der Waals surface area contributed by atoms with E-state index in [4.69, 9.17) is 4.74 Å². The fraction of sp³-hybridized carbons (Fsp3) is 0.318. The zero-order valence-corrected chi connectivity index (χ0v) is 19.0. The van der Waals surface area contributed by atoms with Gasteiger partial charge in [0.15, 0.2) is 0 Å². The maximum Gasteiger partial charge on any atom is 0.419 e. The number of carbonyl (C=O) groups excluding carboxylic acids is 1. The highest BCUT2D eigenvalue weighted by Crippen LogP contribution is 2.39. The predicted molar refractivity (Wildman–Crippen MR) is 119 cm³/mol. The smallest absolute Gasteiger partial charge is 0.419 e. The Balaban J connectivity index is 1.66. The van der Waals surface area contributed by atoms with Gasteiger partial charge in [-0.1, -0.05) is 18.2 Å².